The van der Waals surface area contributed by atoms with Crippen molar-refractivity contribution < 1.29 is 9.59 Å². The number of aromatic nitrogens is 2. The number of fused-ring (bicyclic) bond motifs is 2. The first-order chi connectivity index (χ1) is 20.4. The highest BCUT2D eigenvalue weighted by molar-refractivity contribution is 6.13. The molecule has 2 heterocycles. The SMILES string of the molecule is CCN(CC)CCNC(=O)c1c(/C=C\c2c(C(=O)NCCN(CC)CC)c3ccccc3n2C)n(C)c2ccccc12. The third-order valence-corrected chi connectivity index (χ3v) is 8.37. The molecule has 4 aromatic rings. The van der Waals surface area contributed by atoms with Crippen LogP contribution in [0.4, 0.5) is 0 Å². The second-order valence-electron chi connectivity index (χ2n) is 10.6. The van der Waals surface area contributed by atoms with E-state index in [-0.39, 0.29) is 11.8 Å². The molecule has 0 radical (unpaired) electrons. The summed E-state index contributed by atoms with van der Waals surface area (Å²) in [6.45, 7) is 15.1. The number of carbonyl (C=O) groups is 2. The van der Waals surface area contributed by atoms with Gasteiger partial charge in [-0.15, -0.1) is 0 Å². The molecular weight excluding hydrogens is 524 g/mol. The van der Waals surface area contributed by atoms with Crippen molar-refractivity contribution in [3.8, 4) is 0 Å². The summed E-state index contributed by atoms with van der Waals surface area (Å²) in [4.78, 5) is 31.8. The lowest BCUT2D eigenvalue weighted by molar-refractivity contribution is 0.0942. The van der Waals surface area contributed by atoms with Crippen LogP contribution in [0.2, 0.25) is 0 Å². The summed E-state index contributed by atoms with van der Waals surface area (Å²) in [5, 5.41) is 8.11. The number of aryl methyl sites for hydroxylation is 2. The standard InChI is InChI=1S/C34H46N6O2/c1-7-39(8-2)23-21-35-33(41)31-25-15-11-13-17-27(25)37(5)29(31)19-20-30-32(26-16-12-14-18-28(26)38(30)6)34(42)36-22-24-40(9-3)10-4/h11-20H,7-10,21-24H2,1-6H3,(H,35,41)(H,36,42)/b20-19-. The number of hydrogen-bond donors (Lipinski definition) is 2. The van der Waals surface area contributed by atoms with Crippen LogP contribution in [0, 0.1) is 0 Å². The van der Waals surface area contributed by atoms with Gasteiger partial charge in [-0.1, -0.05) is 64.1 Å². The van der Waals surface area contributed by atoms with Crippen LogP contribution in [0.5, 0.6) is 0 Å². The normalized spacial score (nSPS) is 11.9. The van der Waals surface area contributed by atoms with Crippen molar-refractivity contribution in [2.24, 2.45) is 14.1 Å². The van der Waals surface area contributed by atoms with Crippen LogP contribution in [0.15, 0.2) is 48.5 Å². The Hall–Kier alpha value is -3.88. The Balaban J connectivity index is 1.71. The molecule has 0 aliphatic rings. The Kier molecular flexibility index (Phi) is 10.6. The summed E-state index contributed by atoms with van der Waals surface area (Å²) in [6, 6.07) is 16.0. The molecule has 2 N–H and O–H groups in total. The molecule has 0 unspecified atom stereocenters. The minimum absolute atomic E-state index is 0.0926. The van der Waals surface area contributed by atoms with Gasteiger partial charge in [-0.25, -0.2) is 0 Å². The van der Waals surface area contributed by atoms with E-state index in [0.29, 0.717) is 24.2 Å². The molecular formula is C34H46N6O2. The lowest BCUT2D eigenvalue weighted by Gasteiger charge is -2.18. The number of carbonyl (C=O) groups excluding carboxylic acids is 2. The molecule has 0 aliphatic carbocycles. The first kappa shape index (κ1) is 31.1. The molecule has 0 aliphatic heterocycles. The monoisotopic (exact) mass is 570 g/mol. The molecule has 2 aromatic carbocycles. The van der Waals surface area contributed by atoms with E-state index in [9.17, 15) is 9.59 Å². The highest BCUT2D eigenvalue weighted by atomic mass is 16.2. The highest BCUT2D eigenvalue weighted by Crippen LogP contribution is 2.30. The van der Waals surface area contributed by atoms with E-state index in [2.05, 4.69) is 57.3 Å². The van der Waals surface area contributed by atoms with Crippen molar-refractivity contribution in [1.82, 2.24) is 29.6 Å². The zero-order valence-electron chi connectivity index (χ0n) is 26.0. The third kappa shape index (κ3) is 6.45. The molecule has 0 fully saturated rings. The zero-order valence-corrected chi connectivity index (χ0v) is 26.0. The van der Waals surface area contributed by atoms with Crippen LogP contribution in [0.25, 0.3) is 34.0 Å². The maximum atomic E-state index is 13.6. The molecule has 8 heteroatoms. The largest absolute Gasteiger partial charge is 0.351 e. The summed E-state index contributed by atoms with van der Waals surface area (Å²) in [6.07, 6.45) is 3.94. The van der Waals surface area contributed by atoms with E-state index in [1.807, 2.05) is 74.8 Å². The fourth-order valence-electron chi connectivity index (χ4n) is 5.76. The van der Waals surface area contributed by atoms with Gasteiger partial charge in [0.05, 0.1) is 22.5 Å². The van der Waals surface area contributed by atoms with E-state index in [1.54, 1.807) is 0 Å². The van der Waals surface area contributed by atoms with Gasteiger partial charge in [0, 0.05) is 62.1 Å². The van der Waals surface area contributed by atoms with Gasteiger partial charge in [0.25, 0.3) is 11.8 Å². The summed E-state index contributed by atoms with van der Waals surface area (Å²) < 4.78 is 4.11. The molecule has 224 valence electrons. The van der Waals surface area contributed by atoms with Crippen molar-refractivity contribution >= 4 is 45.8 Å². The Morgan fingerprint density at radius 2 is 1.00 bits per heavy atom. The number of rotatable bonds is 14. The predicted molar refractivity (Wildman–Crippen MR) is 175 cm³/mol. The molecule has 0 bridgehead atoms. The molecule has 2 amide bonds. The number of amides is 2. The van der Waals surface area contributed by atoms with Gasteiger partial charge in [-0.2, -0.15) is 0 Å². The molecule has 2 aromatic heterocycles. The summed E-state index contributed by atoms with van der Waals surface area (Å²) in [7, 11) is 3.97. The van der Waals surface area contributed by atoms with Gasteiger partial charge in [-0.3, -0.25) is 9.59 Å². The molecule has 0 saturated carbocycles. The second kappa shape index (κ2) is 14.3. The topological polar surface area (TPSA) is 74.5 Å². The van der Waals surface area contributed by atoms with Gasteiger partial charge < -0.3 is 29.6 Å². The summed E-state index contributed by atoms with van der Waals surface area (Å²) >= 11 is 0. The van der Waals surface area contributed by atoms with E-state index >= 15 is 0 Å². The van der Waals surface area contributed by atoms with Crippen LogP contribution in [-0.4, -0.2) is 83.1 Å². The predicted octanol–water partition coefficient (Wildman–Crippen LogP) is 4.98. The molecule has 0 saturated heterocycles. The van der Waals surface area contributed by atoms with Crippen molar-refractivity contribution in [2.45, 2.75) is 27.7 Å². The van der Waals surface area contributed by atoms with E-state index in [4.69, 9.17) is 0 Å². The van der Waals surface area contributed by atoms with Crippen LogP contribution < -0.4 is 10.6 Å². The summed E-state index contributed by atoms with van der Waals surface area (Å²) in [5.74, 6) is -0.185. The molecule has 42 heavy (non-hydrogen) atoms. The average molecular weight is 571 g/mol. The van der Waals surface area contributed by atoms with Crippen molar-refractivity contribution in [3.05, 3.63) is 71.0 Å². The van der Waals surface area contributed by atoms with Crippen LogP contribution >= 0.6 is 0 Å². The Bertz CT molecular complexity index is 1440. The number of nitrogens with one attached hydrogen (secondary N) is 2. The van der Waals surface area contributed by atoms with E-state index in [0.717, 1.165) is 72.5 Å². The van der Waals surface area contributed by atoms with Gasteiger partial charge in [-0.05, 0) is 50.5 Å². The minimum Gasteiger partial charge on any atom is -0.351 e. The zero-order chi connectivity index (χ0) is 30.2. The lowest BCUT2D eigenvalue weighted by atomic mass is 10.1. The smallest absolute Gasteiger partial charge is 0.254 e. The number of nitrogens with zero attached hydrogens (tertiary/aromatic N) is 4. The third-order valence-electron chi connectivity index (χ3n) is 8.37. The van der Waals surface area contributed by atoms with Crippen LogP contribution in [-0.2, 0) is 14.1 Å². The van der Waals surface area contributed by atoms with Gasteiger partial charge in [0.1, 0.15) is 0 Å². The van der Waals surface area contributed by atoms with Gasteiger partial charge >= 0.3 is 0 Å². The molecule has 0 spiro atoms. The van der Waals surface area contributed by atoms with Gasteiger partial charge in [0.2, 0.25) is 0 Å². The van der Waals surface area contributed by atoms with Crippen LogP contribution in [0.3, 0.4) is 0 Å². The number of para-hydroxylation sites is 2. The Labute approximate surface area is 250 Å². The first-order valence-electron chi connectivity index (χ1n) is 15.2. The summed E-state index contributed by atoms with van der Waals surface area (Å²) in [5.41, 5.74) is 4.86. The number of benzene rings is 2. The number of hydrogen-bond acceptors (Lipinski definition) is 4. The van der Waals surface area contributed by atoms with Crippen LogP contribution in [0.1, 0.15) is 59.8 Å². The van der Waals surface area contributed by atoms with Crippen molar-refractivity contribution in [3.63, 3.8) is 0 Å². The lowest BCUT2D eigenvalue weighted by Crippen LogP contribution is -2.35. The van der Waals surface area contributed by atoms with Crippen molar-refractivity contribution in [1.29, 1.82) is 0 Å². The maximum Gasteiger partial charge on any atom is 0.254 e. The highest BCUT2D eigenvalue weighted by Gasteiger charge is 2.22. The van der Waals surface area contributed by atoms with Gasteiger partial charge in [0.15, 0.2) is 0 Å². The molecule has 8 nitrogen and oxygen atoms in total. The Morgan fingerprint density at radius 3 is 1.36 bits per heavy atom. The molecule has 0 atom stereocenters. The van der Waals surface area contributed by atoms with Crippen molar-refractivity contribution in [2.75, 3.05) is 52.4 Å². The quantitative estimate of drug-likeness (QED) is 0.224. The van der Waals surface area contributed by atoms with E-state index in [1.165, 1.54) is 0 Å². The van der Waals surface area contributed by atoms with E-state index < -0.39 is 0 Å². The minimum atomic E-state index is -0.0926. The maximum absolute atomic E-state index is 13.6. The Morgan fingerprint density at radius 1 is 0.643 bits per heavy atom. The first-order valence-corrected chi connectivity index (χ1v) is 15.2. The fourth-order valence-corrected chi connectivity index (χ4v) is 5.76. The number of likely N-dealkylation sites (N-methyl/N-ethyl adjacent to an activating group) is 2. The fraction of sp³-hybridized carbons (Fsp3) is 0.412. The molecule has 4 rings (SSSR count). The average Bonchev–Trinajstić information content (AvgIpc) is 3.46. The second-order valence-corrected chi connectivity index (χ2v) is 10.6.